The van der Waals surface area contributed by atoms with Gasteiger partial charge in [-0.3, -0.25) is 4.79 Å². The lowest BCUT2D eigenvalue weighted by Gasteiger charge is -2.18. The summed E-state index contributed by atoms with van der Waals surface area (Å²) in [7, 11) is 0. The van der Waals surface area contributed by atoms with Crippen LogP contribution in [0.4, 0.5) is 13.2 Å². The van der Waals surface area contributed by atoms with Crippen molar-refractivity contribution in [1.82, 2.24) is 5.32 Å². The summed E-state index contributed by atoms with van der Waals surface area (Å²) in [5.41, 5.74) is -1.26. The fourth-order valence-electron chi connectivity index (χ4n) is 2.22. The van der Waals surface area contributed by atoms with Crippen molar-refractivity contribution >= 4 is 23.5 Å². The molecule has 0 heterocycles. The Kier molecular flexibility index (Phi) is 5.42. The van der Waals surface area contributed by atoms with Crippen molar-refractivity contribution in [3.63, 3.8) is 0 Å². The molecule has 2 rings (SSSR count). The van der Waals surface area contributed by atoms with Gasteiger partial charge in [0, 0.05) is 0 Å². The van der Waals surface area contributed by atoms with Gasteiger partial charge in [0.1, 0.15) is 10.9 Å². The van der Waals surface area contributed by atoms with E-state index in [-0.39, 0.29) is 13.0 Å². The highest BCUT2D eigenvalue weighted by molar-refractivity contribution is 6.31. The highest BCUT2D eigenvalue weighted by Crippen LogP contribution is 2.37. The van der Waals surface area contributed by atoms with E-state index in [0.717, 1.165) is 12.1 Å². The Hall–Kier alpha value is -1.76. The zero-order chi connectivity index (χ0) is 18.0. The first kappa shape index (κ1) is 18.6. The minimum Gasteiger partial charge on any atom is -0.464 e. The van der Waals surface area contributed by atoms with Crippen LogP contribution in [0.5, 0.6) is 0 Å². The van der Waals surface area contributed by atoms with Crippen LogP contribution in [0.25, 0.3) is 0 Å². The third-order valence-corrected chi connectivity index (χ3v) is 4.11. The number of esters is 1. The molecule has 1 fully saturated rings. The van der Waals surface area contributed by atoms with Crippen LogP contribution in [0.15, 0.2) is 24.3 Å². The molecule has 1 aromatic rings. The van der Waals surface area contributed by atoms with Crippen molar-refractivity contribution in [3.05, 3.63) is 35.4 Å². The molecule has 1 N–H and O–H groups in total. The first-order chi connectivity index (χ1) is 11.2. The Labute approximate surface area is 142 Å². The van der Waals surface area contributed by atoms with Gasteiger partial charge >= 0.3 is 12.1 Å². The number of benzene rings is 1. The molecular formula is C16H17ClF3NO3. The average molecular weight is 364 g/mol. The molecule has 0 spiro atoms. The molecule has 0 radical (unpaired) electrons. The van der Waals surface area contributed by atoms with Gasteiger partial charge in [0.05, 0.1) is 12.2 Å². The van der Waals surface area contributed by atoms with E-state index in [1.54, 1.807) is 6.92 Å². The number of amides is 1. The summed E-state index contributed by atoms with van der Waals surface area (Å²) in [6.45, 7) is 1.89. The van der Waals surface area contributed by atoms with E-state index in [1.165, 1.54) is 12.1 Å². The number of carbonyl (C=O) groups excluding carboxylic acids is 2. The fourth-order valence-corrected chi connectivity index (χ4v) is 2.45. The van der Waals surface area contributed by atoms with Gasteiger partial charge in [-0.2, -0.15) is 13.2 Å². The molecular weight excluding hydrogens is 347 g/mol. The van der Waals surface area contributed by atoms with E-state index < -0.39 is 34.5 Å². The zero-order valence-corrected chi connectivity index (χ0v) is 13.7. The maximum atomic E-state index is 12.5. The number of hydrogen-bond donors (Lipinski definition) is 1. The van der Waals surface area contributed by atoms with Gasteiger partial charge in [-0.25, -0.2) is 4.79 Å². The van der Waals surface area contributed by atoms with E-state index in [4.69, 9.17) is 16.3 Å². The van der Waals surface area contributed by atoms with Gasteiger partial charge in [-0.15, -0.1) is 11.6 Å². The summed E-state index contributed by atoms with van der Waals surface area (Å²) in [6, 6.07) is 4.45. The second kappa shape index (κ2) is 7.01. The van der Waals surface area contributed by atoms with Crippen molar-refractivity contribution in [2.45, 2.75) is 43.3 Å². The molecule has 0 aliphatic heterocycles. The van der Waals surface area contributed by atoms with E-state index in [9.17, 15) is 22.8 Å². The Morgan fingerprint density at radius 2 is 1.88 bits per heavy atom. The lowest BCUT2D eigenvalue weighted by molar-refractivity contribution is -0.148. The average Bonchev–Trinajstić information content (AvgIpc) is 3.28. The number of ether oxygens (including phenoxy) is 1. The van der Waals surface area contributed by atoms with Gasteiger partial charge in [0.25, 0.3) is 0 Å². The third kappa shape index (κ3) is 4.41. The van der Waals surface area contributed by atoms with Crippen LogP contribution in [0.1, 0.15) is 30.9 Å². The minimum atomic E-state index is -4.41. The molecule has 1 aliphatic carbocycles. The summed E-state index contributed by atoms with van der Waals surface area (Å²) in [5, 5.41) is 1.59. The number of rotatable bonds is 6. The Bertz CT molecular complexity index is 612. The van der Waals surface area contributed by atoms with Gasteiger partial charge in [-0.1, -0.05) is 12.1 Å². The van der Waals surface area contributed by atoms with Crippen molar-refractivity contribution < 1.29 is 27.5 Å². The van der Waals surface area contributed by atoms with Crippen LogP contribution in [0.3, 0.4) is 0 Å². The highest BCUT2D eigenvalue weighted by Gasteiger charge is 2.53. The molecule has 0 aromatic heterocycles. The lowest BCUT2D eigenvalue weighted by Crippen LogP contribution is -2.47. The molecule has 1 amide bonds. The molecule has 0 bridgehead atoms. The molecule has 4 nitrogen and oxygen atoms in total. The molecule has 1 aromatic carbocycles. The van der Waals surface area contributed by atoms with E-state index in [2.05, 4.69) is 5.32 Å². The highest BCUT2D eigenvalue weighted by atomic mass is 35.5. The van der Waals surface area contributed by atoms with Gasteiger partial charge in [0.2, 0.25) is 5.91 Å². The van der Waals surface area contributed by atoms with Crippen LogP contribution in [0.2, 0.25) is 0 Å². The number of nitrogens with one attached hydrogen (secondary N) is 1. The summed E-state index contributed by atoms with van der Waals surface area (Å²) in [4.78, 5) is 23.9. The van der Waals surface area contributed by atoms with Crippen LogP contribution in [0, 0.1) is 0 Å². The monoisotopic (exact) mass is 363 g/mol. The van der Waals surface area contributed by atoms with Gasteiger partial charge in [-0.05, 0) is 43.9 Å². The smallest absolute Gasteiger partial charge is 0.416 e. The third-order valence-electron chi connectivity index (χ3n) is 3.76. The van der Waals surface area contributed by atoms with E-state index in [0.29, 0.717) is 18.4 Å². The summed E-state index contributed by atoms with van der Waals surface area (Å²) < 4.78 is 42.4. The molecule has 0 saturated heterocycles. The Balaban J connectivity index is 1.93. The fraction of sp³-hybridized carbons (Fsp3) is 0.500. The van der Waals surface area contributed by atoms with Crippen molar-refractivity contribution in [1.29, 1.82) is 0 Å². The molecule has 132 valence electrons. The molecule has 1 unspecified atom stereocenters. The quantitative estimate of drug-likeness (QED) is 0.624. The molecule has 1 atom stereocenters. The number of carbonyl (C=O) groups is 2. The predicted molar refractivity (Wildman–Crippen MR) is 81.5 cm³/mol. The second-order valence-electron chi connectivity index (χ2n) is 5.66. The van der Waals surface area contributed by atoms with E-state index >= 15 is 0 Å². The summed E-state index contributed by atoms with van der Waals surface area (Å²) in [6.07, 6.45) is -3.37. The van der Waals surface area contributed by atoms with Crippen molar-refractivity contribution in [2.75, 3.05) is 6.61 Å². The Morgan fingerprint density at radius 3 is 2.33 bits per heavy atom. The van der Waals surface area contributed by atoms with Crippen molar-refractivity contribution in [3.8, 4) is 0 Å². The normalized spacial score (nSPS) is 17.0. The Morgan fingerprint density at radius 1 is 1.29 bits per heavy atom. The summed E-state index contributed by atoms with van der Waals surface area (Å²) in [5.74, 6) is -1.03. The topological polar surface area (TPSA) is 55.4 Å². The van der Waals surface area contributed by atoms with Gasteiger partial charge < -0.3 is 10.1 Å². The largest absolute Gasteiger partial charge is 0.464 e. The minimum absolute atomic E-state index is 0.0600. The molecule has 1 aliphatic rings. The number of alkyl halides is 4. The molecule has 1 saturated carbocycles. The van der Waals surface area contributed by atoms with Crippen LogP contribution in [-0.2, 0) is 26.9 Å². The summed E-state index contributed by atoms with van der Waals surface area (Å²) >= 11 is 6.02. The predicted octanol–water partition coefficient (Wildman–Crippen LogP) is 3.07. The first-order valence-corrected chi connectivity index (χ1v) is 7.91. The van der Waals surface area contributed by atoms with Crippen LogP contribution >= 0.6 is 11.6 Å². The number of halogens is 4. The van der Waals surface area contributed by atoms with E-state index in [1.807, 2.05) is 0 Å². The van der Waals surface area contributed by atoms with Crippen LogP contribution in [-0.4, -0.2) is 29.4 Å². The zero-order valence-electron chi connectivity index (χ0n) is 13.0. The molecule has 8 heteroatoms. The second-order valence-corrected chi connectivity index (χ2v) is 6.18. The van der Waals surface area contributed by atoms with Crippen LogP contribution < -0.4 is 5.32 Å². The first-order valence-electron chi connectivity index (χ1n) is 7.47. The van der Waals surface area contributed by atoms with Gasteiger partial charge in [0.15, 0.2) is 0 Å². The SMILES string of the molecule is CCOC(=O)C1(NC(=O)C(Cl)Cc2ccc(C(F)(F)F)cc2)CC1. The lowest BCUT2D eigenvalue weighted by atomic mass is 10.1. The number of hydrogen-bond acceptors (Lipinski definition) is 3. The molecule has 24 heavy (non-hydrogen) atoms. The standard InChI is InChI=1S/C16H17ClF3NO3/c1-2-24-14(23)15(7-8-15)21-13(22)12(17)9-10-3-5-11(6-4-10)16(18,19)20/h3-6,12H,2,7-9H2,1H3,(H,21,22). The maximum Gasteiger partial charge on any atom is 0.416 e. The van der Waals surface area contributed by atoms with Crippen molar-refractivity contribution in [2.24, 2.45) is 0 Å². The maximum absolute atomic E-state index is 12.5.